The fourth-order valence-electron chi connectivity index (χ4n) is 7.22. The van der Waals surface area contributed by atoms with E-state index in [0.717, 1.165) is 25.7 Å². The fourth-order valence-corrected chi connectivity index (χ4v) is 8.96. The summed E-state index contributed by atoms with van der Waals surface area (Å²) in [5, 5.41) is 24.1. The summed E-state index contributed by atoms with van der Waals surface area (Å²) in [6.07, 6.45) is 3.24. The van der Waals surface area contributed by atoms with E-state index in [1.807, 2.05) is 0 Å². The van der Waals surface area contributed by atoms with E-state index in [2.05, 4.69) is 10.2 Å². The molecule has 3 heterocycles. The second-order valence-electron chi connectivity index (χ2n) is 12.3. The predicted octanol–water partition coefficient (Wildman–Crippen LogP) is 4.39. The minimum absolute atomic E-state index is 0.00937. The second-order valence-corrected chi connectivity index (χ2v) is 14.6. The molecular formula is C34H37Cl2N3O8S. The van der Waals surface area contributed by atoms with Gasteiger partial charge in [0.15, 0.2) is 16.4 Å². The van der Waals surface area contributed by atoms with E-state index in [9.17, 15) is 29.1 Å². The van der Waals surface area contributed by atoms with E-state index < -0.39 is 34.8 Å². The number of amides is 1. The molecule has 0 bridgehead atoms. The van der Waals surface area contributed by atoms with Gasteiger partial charge in [-0.05, 0) is 48.3 Å². The maximum atomic E-state index is 13.8. The van der Waals surface area contributed by atoms with Crippen molar-refractivity contribution in [1.82, 2.24) is 15.1 Å². The molecule has 0 aromatic heterocycles. The first-order valence-corrected chi connectivity index (χ1v) is 18.0. The van der Waals surface area contributed by atoms with E-state index >= 15 is 0 Å². The Hall–Kier alpha value is -3.10. The van der Waals surface area contributed by atoms with E-state index in [0.29, 0.717) is 50.3 Å². The normalized spacial score (nSPS) is 22.6. The number of nitrogens with one attached hydrogen (secondary N) is 1. The minimum Gasteiger partial charge on any atom is -0.611 e. The summed E-state index contributed by atoms with van der Waals surface area (Å²) in [4.78, 5) is 44.2. The largest absolute Gasteiger partial charge is 0.611 e. The molecule has 2 aromatic rings. The summed E-state index contributed by atoms with van der Waals surface area (Å²) >= 11 is 11.4. The molecule has 4 aliphatic rings. The summed E-state index contributed by atoms with van der Waals surface area (Å²) in [7, 11) is 0. The van der Waals surface area contributed by atoms with Gasteiger partial charge in [0.1, 0.15) is 0 Å². The number of carboxylic acids is 2. The van der Waals surface area contributed by atoms with E-state index in [1.165, 1.54) is 12.1 Å². The number of ether oxygens (including phenoxy) is 2. The zero-order chi connectivity index (χ0) is 34.0. The Morgan fingerprint density at radius 3 is 2.04 bits per heavy atom. The van der Waals surface area contributed by atoms with Crippen molar-refractivity contribution in [2.75, 3.05) is 45.1 Å². The van der Waals surface area contributed by atoms with Gasteiger partial charge in [0, 0.05) is 66.4 Å². The van der Waals surface area contributed by atoms with Crippen LogP contribution in [0.5, 0.6) is 0 Å². The van der Waals surface area contributed by atoms with Gasteiger partial charge in [-0.15, -0.1) is 0 Å². The molecule has 1 spiro atoms. The van der Waals surface area contributed by atoms with Crippen LogP contribution in [0.2, 0.25) is 10.0 Å². The van der Waals surface area contributed by atoms with Gasteiger partial charge < -0.3 is 34.5 Å². The van der Waals surface area contributed by atoms with Crippen molar-refractivity contribution >= 4 is 52.2 Å². The highest BCUT2D eigenvalue weighted by molar-refractivity contribution is 7.91. The molecule has 2 saturated heterocycles. The number of benzene rings is 2. The van der Waals surface area contributed by atoms with Crippen molar-refractivity contribution in [3.8, 4) is 0 Å². The molecule has 0 radical (unpaired) electrons. The Morgan fingerprint density at radius 2 is 1.46 bits per heavy atom. The number of rotatable bonds is 9. The van der Waals surface area contributed by atoms with Crippen LogP contribution in [0.3, 0.4) is 0 Å². The van der Waals surface area contributed by atoms with Gasteiger partial charge in [-0.1, -0.05) is 47.5 Å². The van der Waals surface area contributed by atoms with Gasteiger partial charge in [0.25, 0.3) is 0 Å². The third kappa shape index (κ3) is 7.25. The van der Waals surface area contributed by atoms with Crippen LogP contribution in [-0.2, 0) is 35.0 Å². The summed E-state index contributed by atoms with van der Waals surface area (Å²) in [6, 6.07) is 13.5. The average molecular weight is 719 g/mol. The standard InChI is InChI=1S/C34H37Cl2N3O8S/c35-23-7-4-8-24(36)28(23)31-29(32(41)42)25(37-26(30(31)33(43)44)20-48(45)22-5-2-1-3-6-22)19-27(40)39-15-13-38(14-16-39)21-9-11-34(12-10-21)46-17-18-47-34/h1-8,21,31,37H,9-20H2,(H,41,42)(H,43,44). The Labute approximate surface area is 291 Å². The van der Waals surface area contributed by atoms with Gasteiger partial charge in [-0.25, -0.2) is 9.59 Å². The molecule has 14 heteroatoms. The molecule has 48 heavy (non-hydrogen) atoms. The SMILES string of the molecule is O=C(O)C1=C(CC(=O)N2CCN(C3CCC4(CC3)OCCO4)CC2)NC(C[S+]([O-])c2ccccc2)=C(C(=O)O)C1c1c(Cl)cccc1Cl. The molecule has 1 saturated carbocycles. The van der Waals surface area contributed by atoms with Gasteiger partial charge >= 0.3 is 11.9 Å². The van der Waals surface area contributed by atoms with Crippen molar-refractivity contribution in [3.63, 3.8) is 0 Å². The first-order valence-electron chi connectivity index (χ1n) is 15.9. The molecule has 1 aliphatic carbocycles. The zero-order valence-electron chi connectivity index (χ0n) is 26.2. The zero-order valence-corrected chi connectivity index (χ0v) is 28.5. The quantitative estimate of drug-likeness (QED) is 0.319. The van der Waals surface area contributed by atoms with Crippen LogP contribution in [0, 0.1) is 0 Å². The first kappa shape index (κ1) is 34.8. The Balaban J connectivity index is 1.25. The Bertz CT molecular complexity index is 1590. The molecule has 2 aromatic carbocycles. The lowest BCUT2D eigenvalue weighted by molar-refractivity contribution is -0.184. The molecule has 11 nitrogen and oxygen atoms in total. The van der Waals surface area contributed by atoms with Crippen LogP contribution in [0.25, 0.3) is 0 Å². The number of carbonyl (C=O) groups is 3. The van der Waals surface area contributed by atoms with Crippen LogP contribution in [0.1, 0.15) is 43.6 Å². The maximum absolute atomic E-state index is 13.8. The molecule has 256 valence electrons. The summed E-state index contributed by atoms with van der Waals surface area (Å²) < 4.78 is 25.2. The van der Waals surface area contributed by atoms with Crippen molar-refractivity contribution in [2.24, 2.45) is 0 Å². The number of hydrogen-bond donors (Lipinski definition) is 3. The van der Waals surface area contributed by atoms with E-state index in [-0.39, 0.29) is 56.2 Å². The van der Waals surface area contributed by atoms with Crippen LogP contribution in [0.15, 0.2) is 76.0 Å². The summed E-state index contributed by atoms with van der Waals surface area (Å²) in [6.45, 7) is 3.53. The van der Waals surface area contributed by atoms with Gasteiger partial charge in [0.2, 0.25) is 5.91 Å². The maximum Gasteiger partial charge on any atom is 0.334 e. The molecule has 6 rings (SSSR count). The third-order valence-corrected chi connectivity index (χ3v) is 11.6. The molecule has 3 aliphatic heterocycles. The monoisotopic (exact) mass is 717 g/mol. The molecule has 2 unspecified atom stereocenters. The third-order valence-electron chi connectivity index (χ3n) is 9.60. The number of carboxylic acid groups (broad SMARTS) is 2. The van der Waals surface area contributed by atoms with Crippen LogP contribution in [-0.4, -0.2) is 99.4 Å². The molecular weight excluding hydrogens is 681 g/mol. The lowest BCUT2D eigenvalue weighted by Gasteiger charge is -2.44. The van der Waals surface area contributed by atoms with Crippen molar-refractivity contribution in [3.05, 3.63) is 86.7 Å². The lowest BCUT2D eigenvalue weighted by atomic mass is 9.79. The van der Waals surface area contributed by atoms with E-state index in [1.54, 1.807) is 41.3 Å². The van der Waals surface area contributed by atoms with Crippen molar-refractivity contribution in [1.29, 1.82) is 0 Å². The fraction of sp³-hybridized carbons (Fsp3) is 0.441. The van der Waals surface area contributed by atoms with Crippen molar-refractivity contribution < 1.29 is 38.6 Å². The molecule has 3 fully saturated rings. The number of aliphatic carboxylic acids is 2. The second kappa shape index (κ2) is 14.8. The number of halogens is 2. The van der Waals surface area contributed by atoms with Gasteiger partial charge in [-0.3, -0.25) is 9.69 Å². The predicted molar refractivity (Wildman–Crippen MR) is 179 cm³/mol. The number of carbonyl (C=O) groups excluding carboxylic acids is 1. The molecule has 2 atom stereocenters. The van der Waals surface area contributed by atoms with E-state index in [4.69, 9.17) is 32.7 Å². The van der Waals surface area contributed by atoms with Gasteiger partial charge in [-0.2, -0.15) is 0 Å². The van der Waals surface area contributed by atoms with Crippen molar-refractivity contribution in [2.45, 2.75) is 54.7 Å². The summed E-state index contributed by atoms with van der Waals surface area (Å²) in [5.74, 6) is -5.31. The number of hydrogen-bond acceptors (Lipinski definition) is 8. The highest BCUT2D eigenvalue weighted by atomic mass is 35.5. The van der Waals surface area contributed by atoms with Crippen LogP contribution < -0.4 is 5.32 Å². The van der Waals surface area contributed by atoms with Crippen LogP contribution in [0.4, 0.5) is 0 Å². The smallest absolute Gasteiger partial charge is 0.334 e. The minimum atomic E-state index is -1.70. The number of dihydropyridines is 1. The topological polar surface area (TPSA) is 152 Å². The first-order chi connectivity index (χ1) is 23.1. The molecule has 3 N–H and O–H groups in total. The Morgan fingerprint density at radius 1 is 0.875 bits per heavy atom. The molecule has 1 amide bonds. The van der Waals surface area contributed by atoms with Crippen LogP contribution >= 0.6 is 23.2 Å². The lowest BCUT2D eigenvalue weighted by Crippen LogP contribution is -2.54. The Kier molecular flexibility index (Phi) is 10.7. The highest BCUT2D eigenvalue weighted by Crippen LogP contribution is 2.45. The van der Waals surface area contributed by atoms with Gasteiger partial charge in [0.05, 0.1) is 42.4 Å². The number of nitrogens with zero attached hydrogens (tertiary/aromatic N) is 2. The number of piperazine rings is 1. The highest BCUT2D eigenvalue weighted by Gasteiger charge is 2.44. The summed E-state index contributed by atoms with van der Waals surface area (Å²) in [5.41, 5.74) is -0.583. The average Bonchev–Trinajstić information content (AvgIpc) is 3.52.